The van der Waals surface area contributed by atoms with E-state index in [4.69, 9.17) is 0 Å². The Bertz CT molecular complexity index is 609. The van der Waals surface area contributed by atoms with Gasteiger partial charge in [0, 0.05) is 13.1 Å². The van der Waals surface area contributed by atoms with Crippen LogP contribution in [0.1, 0.15) is 25.5 Å². The SMILES string of the molecule is CC(C)C1CNCc2cccc3[nH]c(=O)n1c23. The number of rotatable bonds is 1. The summed E-state index contributed by atoms with van der Waals surface area (Å²) in [4.78, 5) is 15.1. The Labute approximate surface area is 99.6 Å². The Kier molecular flexibility index (Phi) is 2.33. The van der Waals surface area contributed by atoms with Crippen LogP contribution < -0.4 is 11.0 Å². The summed E-state index contributed by atoms with van der Waals surface area (Å²) in [6.07, 6.45) is 0. The number of benzene rings is 1. The Morgan fingerprint density at radius 1 is 1.41 bits per heavy atom. The number of H-pyrrole nitrogens is 1. The first kappa shape index (κ1) is 10.6. The summed E-state index contributed by atoms with van der Waals surface area (Å²) >= 11 is 0. The highest BCUT2D eigenvalue weighted by Gasteiger charge is 2.24. The second kappa shape index (κ2) is 3.74. The third-order valence-corrected chi connectivity index (χ3v) is 3.59. The predicted molar refractivity (Wildman–Crippen MR) is 68.1 cm³/mol. The van der Waals surface area contributed by atoms with Crippen LogP contribution >= 0.6 is 0 Å². The first-order valence-electron chi connectivity index (χ1n) is 6.11. The standard InChI is InChI=1S/C13H17N3O/c1-8(2)11-7-14-6-9-4-3-5-10-12(9)16(11)13(17)15-10/h3-5,8,11,14H,6-7H2,1-2H3,(H,15,17). The van der Waals surface area contributed by atoms with Crippen LogP contribution in [0, 0.1) is 5.92 Å². The molecule has 3 rings (SSSR count). The van der Waals surface area contributed by atoms with E-state index in [0.717, 1.165) is 24.1 Å². The van der Waals surface area contributed by atoms with E-state index in [0.29, 0.717) is 5.92 Å². The van der Waals surface area contributed by atoms with E-state index in [1.807, 2.05) is 16.7 Å². The van der Waals surface area contributed by atoms with Gasteiger partial charge >= 0.3 is 5.69 Å². The summed E-state index contributed by atoms with van der Waals surface area (Å²) in [5.74, 6) is 0.436. The van der Waals surface area contributed by atoms with Crippen LogP contribution in [0.4, 0.5) is 0 Å². The highest BCUT2D eigenvalue weighted by molar-refractivity contribution is 5.79. The molecule has 1 aliphatic heterocycles. The molecule has 1 aliphatic rings. The van der Waals surface area contributed by atoms with Crippen LogP contribution in [0.2, 0.25) is 0 Å². The molecule has 1 aromatic heterocycles. The van der Waals surface area contributed by atoms with Crippen LogP contribution in [-0.4, -0.2) is 16.1 Å². The Hall–Kier alpha value is -1.55. The zero-order chi connectivity index (χ0) is 12.0. The van der Waals surface area contributed by atoms with E-state index in [1.54, 1.807) is 0 Å². The number of nitrogens with one attached hydrogen (secondary N) is 2. The number of aromatic nitrogens is 2. The molecule has 90 valence electrons. The molecule has 4 nitrogen and oxygen atoms in total. The summed E-state index contributed by atoms with van der Waals surface area (Å²) in [5.41, 5.74) is 3.22. The maximum absolute atomic E-state index is 12.1. The molecule has 4 heteroatoms. The second-order valence-electron chi connectivity index (χ2n) is 5.06. The number of imidazole rings is 1. The van der Waals surface area contributed by atoms with Gasteiger partial charge in [-0.25, -0.2) is 4.79 Å². The summed E-state index contributed by atoms with van der Waals surface area (Å²) in [6.45, 7) is 5.99. The third kappa shape index (κ3) is 1.52. The number of para-hydroxylation sites is 1. The molecule has 0 spiro atoms. The highest BCUT2D eigenvalue weighted by Crippen LogP contribution is 2.25. The highest BCUT2D eigenvalue weighted by atomic mass is 16.1. The van der Waals surface area contributed by atoms with Gasteiger partial charge in [-0.2, -0.15) is 0 Å². The lowest BCUT2D eigenvalue weighted by Crippen LogP contribution is -2.31. The molecular weight excluding hydrogens is 214 g/mol. The average molecular weight is 231 g/mol. The number of hydrogen-bond acceptors (Lipinski definition) is 2. The average Bonchev–Trinajstić information content (AvgIpc) is 2.51. The van der Waals surface area contributed by atoms with Gasteiger partial charge in [-0.3, -0.25) is 4.57 Å². The molecule has 1 unspecified atom stereocenters. The first-order chi connectivity index (χ1) is 8.18. The second-order valence-corrected chi connectivity index (χ2v) is 5.06. The van der Waals surface area contributed by atoms with Crippen LogP contribution in [-0.2, 0) is 6.54 Å². The van der Waals surface area contributed by atoms with Crippen LogP contribution in [0.5, 0.6) is 0 Å². The summed E-state index contributed by atoms with van der Waals surface area (Å²) in [5, 5.41) is 3.43. The van der Waals surface area contributed by atoms with Gasteiger partial charge in [-0.15, -0.1) is 0 Å². The van der Waals surface area contributed by atoms with Gasteiger partial charge < -0.3 is 10.3 Å². The zero-order valence-corrected chi connectivity index (χ0v) is 10.2. The molecule has 2 N–H and O–H groups in total. The Balaban J connectivity index is 2.36. The van der Waals surface area contributed by atoms with E-state index in [2.05, 4.69) is 30.2 Å². The summed E-state index contributed by atoms with van der Waals surface area (Å²) < 4.78 is 1.93. The predicted octanol–water partition coefficient (Wildman–Crippen LogP) is 1.63. The summed E-state index contributed by atoms with van der Waals surface area (Å²) in [7, 11) is 0. The zero-order valence-electron chi connectivity index (χ0n) is 10.2. The van der Waals surface area contributed by atoms with Crippen molar-refractivity contribution in [3.8, 4) is 0 Å². The molecule has 0 amide bonds. The third-order valence-electron chi connectivity index (χ3n) is 3.59. The smallest absolute Gasteiger partial charge is 0.311 e. The lowest BCUT2D eigenvalue weighted by Gasteiger charge is -2.20. The number of aromatic amines is 1. The molecule has 17 heavy (non-hydrogen) atoms. The molecule has 1 atom stereocenters. The van der Waals surface area contributed by atoms with Crippen molar-refractivity contribution >= 4 is 11.0 Å². The maximum atomic E-state index is 12.1. The molecular formula is C13H17N3O. The van der Waals surface area contributed by atoms with Crippen molar-refractivity contribution in [3.05, 3.63) is 34.2 Å². The fourth-order valence-electron chi connectivity index (χ4n) is 2.69. The van der Waals surface area contributed by atoms with E-state index >= 15 is 0 Å². The van der Waals surface area contributed by atoms with Crippen LogP contribution in [0.3, 0.4) is 0 Å². The quantitative estimate of drug-likeness (QED) is 0.783. The van der Waals surface area contributed by atoms with E-state index < -0.39 is 0 Å². The minimum Gasteiger partial charge on any atom is -0.311 e. The molecule has 0 radical (unpaired) electrons. The minimum atomic E-state index is 0.00912. The Morgan fingerprint density at radius 2 is 2.24 bits per heavy atom. The van der Waals surface area contributed by atoms with Crippen molar-refractivity contribution in [2.45, 2.75) is 26.4 Å². The molecule has 2 heterocycles. The molecule has 2 aromatic rings. The summed E-state index contributed by atoms with van der Waals surface area (Å²) in [6, 6.07) is 6.27. The number of nitrogens with zero attached hydrogens (tertiary/aromatic N) is 1. The first-order valence-corrected chi connectivity index (χ1v) is 6.11. The van der Waals surface area contributed by atoms with Crippen LogP contribution in [0.25, 0.3) is 11.0 Å². The van der Waals surface area contributed by atoms with Crippen molar-refractivity contribution in [2.24, 2.45) is 5.92 Å². The van der Waals surface area contributed by atoms with Crippen molar-refractivity contribution in [3.63, 3.8) is 0 Å². The van der Waals surface area contributed by atoms with Crippen molar-refractivity contribution in [2.75, 3.05) is 6.54 Å². The van der Waals surface area contributed by atoms with Gasteiger partial charge in [-0.05, 0) is 17.5 Å². The Morgan fingerprint density at radius 3 is 3.00 bits per heavy atom. The van der Waals surface area contributed by atoms with Crippen molar-refractivity contribution in [1.82, 2.24) is 14.9 Å². The fourth-order valence-corrected chi connectivity index (χ4v) is 2.69. The van der Waals surface area contributed by atoms with Gasteiger partial charge in [0.1, 0.15) is 0 Å². The van der Waals surface area contributed by atoms with E-state index in [1.165, 1.54) is 5.56 Å². The molecule has 0 saturated carbocycles. The van der Waals surface area contributed by atoms with Gasteiger partial charge in [0.2, 0.25) is 0 Å². The van der Waals surface area contributed by atoms with E-state index in [-0.39, 0.29) is 11.7 Å². The lowest BCUT2D eigenvalue weighted by atomic mass is 10.0. The molecule has 0 bridgehead atoms. The molecule has 0 saturated heterocycles. The fraction of sp³-hybridized carbons (Fsp3) is 0.462. The number of hydrogen-bond donors (Lipinski definition) is 2. The largest absolute Gasteiger partial charge is 0.326 e. The maximum Gasteiger partial charge on any atom is 0.326 e. The minimum absolute atomic E-state index is 0.00912. The molecule has 0 aliphatic carbocycles. The van der Waals surface area contributed by atoms with Crippen molar-refractivity contribution < 1.29 is 0 Å². The van der Waals surface area contributed by atoms with Gasteiger partial charge in [0.25, 0.3) is 0 Å². The molecule has 0 fully saturated rings. The normalized spacial score (nSPS) is 19.8. The van der Waals surface area contributed by atoms with E-state index in [9.17, 15) is 4.79 Å². The van der Waals surface area contributed by atoms with Gasteiger partial charge in [0.05, 0.1) is 17.1 Å². The molecule has 1 aromatic carbocycles. The van der Waals surface area contributed by atoms with Gasteiger partial charge in [0.15, 0.2) is 0 Å². The lowest BCUT2D eigenvalue weighted by molar-refractivity contribution is 0.363. The monoisotopic (exact) mass is 231 g/mol. The van der Waals surface area contributed by atoms with Crippen LogP contribution in [0.15, 0.2) is 23.0 Å². The topological polar surface area (TPSA) is 49.8 Å². The van der Waals surface area contributed by atoms with Gasteiger partial charge in [-0.1, -0.05) is 26.0 Å². The van der Waals surface area contributed by atoms with Crippen molar-refractivity contribution in [1.29, 1.82) is 0 Å².